The number of fused-ring (bicyclic) bond motifs is 1. The number of thiophene rings is 1. The monoisotopic (exact) mass is 486 g/mol. The molecular formula is C22H26N6O3S2. The number of carbonyl (C=O) groups excluding carboxylic acids is 2. The number of hydrogen-bond donors (Lipinski definition) is 2. The average Bonchev–Trinajstić information content (AvgIpc) is 3.42. The van der Waals surface area contributed by atoms with Gasteiger partial charge in [0.2, 0.25) is 11.1 Å². The van der Waals surface area contributed by atoms with Crippen molar-refractivity contribution in [2.45, 2.75) is 37.8 Å². The standard InChI is InChI=1S/C22H26N6O3S2/c1-14-7-9-15(10-8-14)28-22(25-26-27-28)32-13-18(29)24-21-19(20(30)23-11-12-31-2)16-5-3-4-6-17(16)33-21/h7-10H,3-6,11-13H2,1-2H3,(H,23,30)(H,24,29). The zero-order chi connectivity index (χ0) is 23.2. The average molecular weight is 487 g/mol. The first-order valence-corrected chi connectivity index (χ1v) is 12.6. The maximum atomic E-state index is 12.9. The summed E-state index contributed by atoms with van der Waals surface area (Å²) in [4.78, 5) is 26.9. The van der Waals surface area contributed by atoms with Crippen LogP contribution in [0.25, 0.3) is 5.69 Å². The van der Waals surface area contributed by atoms with E-state index >= 15 is 0 Å². The summed E-state index contributed by atoms with van der Waals surface area (Å²) in [5.41, 5.74) is 3.62. The van der Waals surface area contributed by atoms with E-state index in [2.05, 4.69) is 26.2 Å². The minimum absolute atomic E-state index is 0.125. The maximum absolute atomic E-state index is 12.9. The first-order chi connectivity index (χ1) is 16.1. The van der Waals surface area contributed by atoms with Gasteiger partial charge < -0.3 is 15.4 Å². The van der Waals surface area contributed by atoms with Gasteiger partial charge in [0.05, 0.1) is 23.6 Å². The molecule has 1 aromatic carbocycles. The van der Waals surface area contributed by atoms with Crippen molar-refractivity contribution in [3.63, 3.8) is 0 Å². The summed E-state index contributed by atoms with van der Waals surface area (Å²) in [5, 5.41) is 18.8. The highest BCUT2D eigenvalue weighted by atomic mass is 32.2. The van der Waals surface area contributed by atoms with Gasteiger partial charge in [0.1, 0.15) is 5.00 Å². The van der Waals surface area contributed by atoms with Gasteiger partial charge in [0.15, 0.2) is 0 Å². The normalized spacial score (nSPS) is 12.9. The van der Waals surface area contributed by atoms with E-state index in [9.17, 15) is 9.59 Å². The molecule has 2 amide bonds. The number of thioether (sulfide) groups is 1. The van der Waals surface area contributed by atoms with E-state index in [1.54, 1.807) is 11.8 Å². The molecule has 2 N–H and O–H groups in total. The lowest BCUT2D eigenvalue weighted by molar-refractivity contribution is -0.113. The van der Waals surface area contributed by atoms with Crippen LogP contribution in [0.2, 0.25) is 0 Å². The number of benzene rings is 1. The van der Waals surface area contributed by atoms with Gasteiger partial charge in [0.25, 0.3) is 5.91 Å². The van der Waals surface area contributed by atoms with Crippen molar-refractivity contribution < 1.29 is 14.3 Å². The number of rotatable bonds is 9. The molecule has 0 atom stereocenters. The zero-order valence-corrected chi connectivity index (χ0v) is 20.2. The van der Waals surface area contributed by atoms with E-state index in [0.29, 0.717) is 28.9 Å². The third kappa shape index (κ3) is 5.60. The Morgan fingerprint density at radius 3 is 2.79 bits per heavy atom. The van der Waals surface area contributed by atoms with Crippen molar-refractivity contribution in [1.29, 1.82) is 0 Å². The minimum Gasteiger partial charge on any atom is -0.383 e. The highest BCUT2D eigenvalue weighted by Gasteiger charge is 2.26. The summed E-state index contributed by atoms with van der Waals surface area (Å²) >= 11 is 2.75. The van der Waals surface area contributed by atoms with Crippen molar-refractivity contribution in [2.24, 2.45) is 0 Å². The predicted molar refractivity (Wildman–Crippen MR) is 128 cm³/mol. The predicted octanol–water partition coefficient (Wildman–Crippen LogP) is 3.02. The number of amides is 2. The van der Waals surface area contributed by atoms with Crippen LogP contribution in [-0.2, 0) is 22.4 Å². The lowest BCUT2D eigenvalue weighted by atomic mass is 9.95. The molecule has 9 nitrogen and oxygen atoms in total. The molecule has 0 unspecified atom stereocenters. The van der Waals surface area contributed by atoms with E-state index in [-0.39, 0.29) is 17.6 Å². The van der Waals surface area contributed by atoms with Gasteiger partial charge in [-0.05, 0) is 60.7 Å². The highest BCUT2D eigenvalue weighted by molar-refractivity contribution is 7.99. The van der Waals surface area contributed by atoms with Crippen LogP contribution >= 0.6 is 23.1 Å². The Morgan fingerprint density at radius 2 is 2.00 bits per heavy atom. The van der Waals surface area contributed by atoms with Crippen LogP contribution in [0, 0.1) is 6.92 Å². The molecule has 1 aliphatic carbocycles. The van der Waals surface area contributed by atoms with Crippen LogP contribution in [-0.4, -0.2) is 58.0 Å². The van der Waals surface area contributed by atoms with Crippen molar-refractivity contribution in [3.05, 3.63) is 45.8 Å². The minimum atomic E-state index is -0.206. The van der Waals surface area contributed by atoms with Crippen molar-refractivity contribution in [1.82, 2.24) is 25.5 Å². The largest absolute Gasteiger partial charge is 0.383 e. The smallest absolute Gasteiger partial charge is 0.254 e. The highest BCUT2D eigenvalue weighted by Crippen LogP contribution is 2.38. The molecule has 2 aromatic heterocycles. The summed E-state index contributed by atoms with van der Waals surface area (Å²) in [6.45, 7) is 2.87. The van der Waals surface area contributed by atoms with Gasteiger partial charge in [0, 0.05) is 18.5 Å². The Morgan fingerprint density at radius 1 is 1.21 bits per heavy atom. The fraction of sp³-hybridized carbons (Fsp3) is 0.409. The van der Waals surface area contributed by atoms with Gasteiger partial charge >= 0.3 is 0 Å². The number of tetrazole rings is 1. The summed E-state index contributed by atoms with van der Waals surface area (Å²) < 4.78 is 6.64. The quantitative estimate of drug-likeness (QED) is 0.353. The number of aromatic nitrogens is 4. The number of hydrogen-bond acceptors (Lipinski definition) is 8. The molecule has 0 spiro atoms. The van der Waals surface area contributed by atoms with Crippen molar-refractivity contribution >= 4 is 39.9 Å². The summed E-state index contributed by atoms with van der Waals surface area (Å²) in [5.74, 6) is -0.250. The number of nitrogens with one attached hydrogen (secondary N) is 2. The fourth-order valence-electron chi connectivity index (χ4n) is 3.66. The number of anilines is 1. The van der Waals surface area contributed by atoms with E-state index in [1.807, 2.05) is 31.2 Å². The maximum Gasteiger partial charge on any atom is 0.254 e. The molecule has 3 aromatic rings. The molecule has 0 bridgehead atoms. The molecule has 1 aliphatic rings. The van der Waals surface area contributed by atoms with E-state index in [0.717, 1.165) is 42.5 Å². The lowest BCUT2D eigenvalue weighted by Gasteiger charge is -2.13. The summed E-state index contributed by atoms with van der Waals surface area (Å²) in [6, 6.07) is 7.83. The van der Waals surface area contributed by atoms with Gasteiger partial charge in [-0.1, -0.05) is 29.5 Å². The van der Waals surface area contributed by atoms with Crippen LogP contribution in [0.3, 0.4) is 0 Å². The molecule has 0 saturated carbocycles. The van der Waals surface area contributed by atoms with Gasteiger partial charge in [-0.15, -0.1) is 16.4 Å². The van der Waals surface area contributed by atoms with Crippen molar-refractivity contribution in [2.75, 3.05) is 31.3 Å². The molecule has 0 radical (unpaired) electrons. The number of carbonyl (C=O) groups is 2. The molecule has 33 heavy (non-hydrogen) atoms. The Balaban J connectivity index is 1.45. The Kier molecular flexibility index (Phi) is 7.73. The number of methoxy groups -OCH3 is 1. The van der Waals surface area contributed by atoms with Crippen LogP contribution in [0.1, 0.15) is 39.2 Å². The third-order valence-corrected chi connectivity index (χ3v) is 7.42. The Labute approximate surface area is 200 Å². The van der Waals surface area contributed by atoms with Crippen LogP contribution < -0.4 is 10.6 Å². The Hall–Kier alpha value is -2.76. The van der Waals surface area contributed by atoms with E-state index < -0.39 is 0 Å². The van der Waals surface area contributed by atoms with Gasteiger partial charge in [-0.3, -0.25) is 9.59 Å². The van der Waals surface area contributed by atoms with Crippen LogP contribution in [0.4, 0.5) is 5.00 Å². The molecule has 2 heterocycles. The molecule has 11 heteroatoms. The topological polar surface area (TPSA) is 111 Å². The van der Waals surface area contributed by atoms with Crippen molar-refractivity contribution in [3.8, 4) is 5.69 Å². The molecule has 4 rings (SSSR count). The molecule has 174 valence electrons. The van der Waals surface area contributed by atoms with Crippen LogP contribution in [0.15, 0.2) is 29.4 Å². The van der Waals surface area contributed by atoms with E-state index in [4.69, 9.17) is 4.74 Å². The summed E-state index contributed by atoms with van der Waals surface area (Å²) in [7, 11) is 1.59. The number of aryl methyl sites for hydroxylation is 2. The Bertz CT molecular complexity index is 1130. The first kappa shape index (κ1) is 23.4. The van der Waals surface area contributed by atoms with Gasteiger partial charge in [-0.2, -0.15) is 4.68 Å². The molecular weight excluding hydrogens is 460 g/mol. The van der Waals surface area contributed by atoms with E-state index in [1.165, 1.54) is 28.0 Å². The fourth-order valence-corrected chi connectivity index (χ4v) is 5.65. The van der Waals surface area contributed by atoms with Gasteiger partial charge in [-0.25, -0.2) is 0 Å². The second-order valence-corrected chi connectivity index (χ2v) is 9.76. The number of nitrogens with zero attached hydrogens (tertiary/aromatic N) is 4. The zero-order valence-electron chi connectivity index (χ0n) is 18.6. The molecule has 0 aliphatic heterocycles. The number of ether oxygens (including phenoxy) is 1. The summed E-state index contributed by atoms with van der Waals surface area (Å²) in [6.07, 6.45) is 3.94. The third-order valence-electron chi connectivity index (χ3n) is 5.29. The molecule has 0 saturated heterocycles. The first-order valence-electron chi connectivity index (χ1n) is 10.8. The SMILES string of the molecule is COCCNC(=O)c1c(NC(=O)CSc2nnnn2-c2ccc(C)cc2)sc2c1CCCC2. The van der Waals surface area contributed by atoms with Crippen LogP contribution in [0.5, 0.6) is 0 Å². The molecule has 0 fully saturated rings. The lowest BCUT2D eigenvalue weighted by Crippen LogP contribution is -2.29. The second kappa shape index (κ2) is 10.9. The second-order valence-electron chi connectivity index (χ2n) is 7.71.